The third-order valence-electron chi connectivity index (χ3n) is 19.5. The van der Waals surface area contributed by atoms with E-state index in [1.54, 1.807) is 22.7 Å². The summed E-state index contributed by atoms with van der Waals surface area (Å²) >= 11 is 10.3. The zero-order valence-corrected chi connectivity index (χ0v) is 57.7. The Balaban J connectivity index is 0.000000122. The fourth-order valence-corrected chi connectivity index (χ4v) is 17.0. The second-order valence-corrected chi connectivity index (χ2v) is 35.8. The first-order chi connectivity index (χ1) is 41.4. The van der Waals surface area contributed by atoms with E-state index in [9.17, 15) is 14.7 Å². The van der Waals surface area contributed by atoms with E-state index in [1.165, 1.54) is 114 Å². The van der Waals surface area contributed by atoms with Crippen LogP contribution >= 0.6 is 61.3 Å². The van der Waals surface area contributed by atoms with Gasteiger partial charge in [0.1, 0.15) is 24.6 Å². The second-order valence-electron chi connectivity index (χ2n) is 26.2. The Labute approximate surface area is 538 Å². The molecule has 4 aliphatic carbocycles. The SMILES string of the molecule is CC(C)(C)[Si](C)(C)OCC1(c2ccccc2C=O)CC1.CCc1cc(Br)cs1.CCc1cc(C(O)c2ccccc2C2(CC)CC2)cs1.CCc1cc(C2OCC3(CC3)c3ccccc32)cs1.O=Cc1cc(C2OCC3(CC3)c3ccccc32)cs1. The van der Waals surface area contributed by atoms with E-state index >= 15 is 0 Å². The summed E-state index contributed by atoms with van der Waals surface area (Å²) in [6.07, 6.45) is 15.9. The molecule has 6 nitrogen and oxygen atoms in total. The number of hydrogen-bond donors (Lipinski definition) is 1. The molecule has 0 bridgehead atoms. The van der Waals surface area contributed by atoms with Crippen molar-refractivity contribution in [2.24, 2.45) is 0 Å². The minimum absolute atomic E-state index is 0.00706. The molecule has 0 radical (unpaired) electrons. The predicted octanol–water partition coefficient (Wildman–Crippen LogP) is 20.6. The minimum Gasteiger partial charge on any atom is -0.416 e. The number of halogens is 1. The molecule has 6 heterocycles. The maximum Gasteiger partial charge on any atom is 0.192 e. The van der Waals surface area contributed by atoms with Crippen molar-refractivity contribution in [2.45, 2.75) is 184 Å². The summed E-state index contributed by atoms with van der Waals surface area (Å²) < 4.78 is 20.0. The zero-order valence-electron chi connectivity index (χ0n) is 51.8. The standard InChI is InChI=1S/C18H22OS.C17H26O2Si.C17H18OS.C16H14O2S.C6H7BrS/c1-3-14-11-13(12-20-14)17(19)15-7-5-6-8-16(15)18(4-2)9-10-18;1-16(2,3)20(4,5)19-13-17(10-11-17)15-9-7-6-8-14(15)12-18;1-2-13-9-12(10-19-13)16-14-5-3-4-6-15(14)17(7-8-17)11-18-16;17-8-12-7-11(9-19-12)15-13-3-1-2-4-14(13)16(5-6-16)10-18-15;1-2-6-3-5(7)4-8-6/h5-8,11-12,17,19H,3-4,9-10H2,1-2H3;6-9,12H,10-11,13H2,1-5H3;3-6,9-10,16H,2,7-8,11H2,1H3;1-4,7-9,15H,5-6,10H2;3-4H,2H2,1H3. The smallest absolute Gasteiger partial charge is 0.192 e. The number of aldehydes is 2. The van der Waals surface area contributed by atoms with Crippen molar-refractivity contribution in [3.63, 3.8) is 0 Å². The van der Waals surface area contributed by atoms with Crippen molar-refractivity contribution in [3.8, 4) is 0 Å². The molecule has 2 aliphatic heterocycles. The normalized spacial score (nSPS) is 19.5. The fourth-order valence-electron chi connectivity index (χ4n) is 12.1. The molecule has 0 amide bonds. The Morgan fingerprint density at radius 2 is 1.08 bits per heavy atom. The van der Waals surface area contributed by atoms with E-state index in [-0.39, 0.29) is 28.1 Å². The van der Waals surface area contributed by atoms with Crippen molar-refractivity contribution < 1.29 is 28.6 Å². The molecule has 4 saturated carbocycles. The van der Waals surface area contributed by atoms with Gasteiger partial charge < -0.3 is 19.0 Å². The quantitative estimate of drug-likeness (QED) is 0.0814. The third-order valence-corrected chi connectivity index (χ3v) is 28.9. The molecule has 6 aliphatic rings. The minimum atomic E-state index is -1.72. The number of fused-ring (bicyclic) bond motifs is 4. The van der Waals surface area contributed by atoms with E-state index < -0.39 is 14.4 Å². The first-order valence-electron chi connectivity index (χ1n) is 31.2. The van der Waals surface area contributed by atoms with Gasteiger partial charge in [-0.3, -0.25) is 9.59 Å². The third kappa shape index (κ3) is 14.4. The van der Waals surface area contributed by atoms with Gasteiger partial charge in [-0.2, -0.15) is 0 Å². The van der Waals surface area contributed by atoms with Crippen molar-refractivity contribution >= 4 is 82.2 Å². The van der Waals surface area contributed by atoms with Crippen molar-refractivity contribution in [3.05, 3.63) is 228 Å². The van der Waals surface area contributed by atoms with Gasteiger partial charge in [0.25, 0.3) is 0 Å². The molecule has 86 heavy (non-hydrogen) atoms. The van der Waals surface area contributed by atoms with Crippen LogP contribution in [-0.4, -0.2) is 45.8 Å². The van der Waals surface area contributed by atoms with Gasteiger partial charge in [0.05, 0.1) is 18.1 Å². The van der Waals surface area contributed by atoms with Crippen LogP contribution in [0.5, 0.6) is 0 Å². The van der Waals surface area contributed by atoms with Gasteiger partial charge in [0, 0.05) is 52.9 Å². The molecule has 4 aromatic carbocycles. The molecule has 4 fully saturated rings. The van der Waals surface area contributed by atoms with E-state index in [2.05, 4.69) is 185 Å². The number of thiophene rings is 4. The highest BCUT2D eigenvalue weighted by Gasteiger charge is 2.52. The summed E-state index contributed by atoms with van der Waals surface area (Å²) in [5, 5.41) is 19.5. The average Bonchev–Trinajstić information content (AvgIpc) is 1.70. The number of ether oxygens (including phenoxy) is 2. The number of benzene rings is 4. The Kier molecular flexibility index (Phi) is 20.5. The van der Waals surface area contributed by atoms with E-state index in [0.29, 0.717) is 10.8 Å². The van der Waals surface area contributed by atoms with Crippen LogP contribution < -0.4 is 0 Å². The van der Waals surface area contributed by atoms with Gasteiger partial charge in [-0.15, -0.1) is 45.3 Å². The molecule has 0 saturated heterocycles. The lowest BCUT2D eigenvalue weighted by Gasteiger charge is -2.37. The monoisotopic (exact) mass is 1310 g/mol. The number of hydrogen-bond acceptors (Lipinski definition) is 10. The first kappa shape index (κ1) is 64.5. The van der Waals surface area contributed by atoms with Gasteiger partial charge >= 0.3 is 0 Å². The van der Waals surface area contributed by atoms with Crippen molar-refractivity contribution in [2.75, 3.05) is 19.8 Å². The molecule has 14 rings (SSSR count). The summed E-state index contributed by atoms with van der Waals surface area (Å²) in [5.74, 6) is 0. The number of rotatable bonds is 15. The Morgan fingerprint density at radius 3 is 1.55 bits per heavy atom. The Hall–Kier alpha value is -4.44. The lowest BCUT2D eigenvalue weighted by Crippen LogP contribution is -2.42. The molecule has 4 aromatic heterocycles. The number of aliphatic hydroxyl groups excluding tert-OH is 1. The van der Waals surface area contributed by atoms with Crippen LogP contribution in [0.4, 0.5) is 0 Å². The number of aliphatic hydroxyl groups is 1. The van der Waals surface area contributed by atoms with Crippen LogP contribution in [0.15, 0.2) is 147 Å². The van der Waals surface area contributed by atoms with E-state index in [4.69, 9.17) is 13.9 Å². The van der Waals surface area contributed by atoms with Crippen LogP contribution in [0.2, 0.25) is 18.1 Å². The van der Waals surface area contributed by atoms with Crippen LogP contribution in [0.3, 0.4) is 0 Å². The van der Waals surface area contributed by atoms with Crippen LogP contribution in [0, 0.1) is 0 Å². The maximum atomic E-state index is 11.2. The molecular formula is C74H87BrO6S4Si. The zero-order chi connectivity index (χ0) is 60.9. The molecule has 1 N–H and O–H groups in total. The fraction of sp³-hybridized carbons (Fsp3) is 0.432. The molecule has 3 unspecified atom stereocenters. The molecular weight excluding hydrogens is 1220 g/mol. The average molecular weight is 1310 g/mol. The second kappa shape index (κ2) is 27.3. The number of aryl methyl sites for hydroxylation is 3. The molecule has 8 aromatic rings. The largest absolute Gasteiger partial charge is 0.416 e. The Bertz CT molecular complexity index is 3560. The van der Waals surface area contributed by atoms with E-state index in [1.807, 2.05) is 47.0 Å². The summed E-state index contributed by atoms with van der Waals surface area (Å²) in [6, 6.07) is 42.5. The van der Waals surface area contributed by atoms with Gasteiger partial charge in [0.15, 0.2) is 14.6 Å². The molecule has 454 valence electrons. The highest BCUT2D eigenvalue weighted by molar-refractivity contribution is 9.10. The molecule has 2 spiro atoms. The lowest BCUT2D eigenvalue weighted by molar-refractivity contribution is 0.0469. The van der Waals surface area contributed by atoms with Crippen molar-refractivity contribution in [1.82, 2.24) is 0 Å². The highest BCUT2D eigenvalue weighted by atomic mass is 79.9. The topological polar surface area (TPSA) is 82.1 Å². The lowest BCUT2D eigenvalue weighted by atomic mass is 9.85. The summed E-state index contributed by atoms with van der Waals surface area (Å²) in [6.45, 7) is 22.6. The van der Waals surface area contributed by atoms with Gasteiger partial charge in [-0.25, -0.2) is 0 Å². The highest BCUT2D eigenvalue weighted by Crippen LogP contribution is 2.57. The van der Waals surface area contributed by atoms with Crippen molar-refractivity contribution in [1.29, 1.82) is 0 Å². The summed E-state index contributed by atoms with van der Waals surface area (Å²) in [7, 11) is -1.72. The molecule has 12 heteroatoms. The summed E-state index contributed by atoms with van der Waals surface area (Å²) in [4.78, 5) is 27.1. The van der Waals surface area contributed by atoms with Gasteiger partial charge in [0.2, 0.25) is 0 Å². The maximum absolute atomic E-state index is 11.2. The number of carbonyl (C=O) groups excluding carboxylic acids is 2. The van der Waals surface area contributed by atoms with Gasteiger partial charge in [-0.1, -0.05) is 146 Å². The molecule has 3 atom stereocenters. The van der Waals surface area contributed by atoms with Crippen LogP contribution in [0.1, 0.15) is 215 Å². The van der Waals surface area contributed by atoms with E-state index in [0.717, 1.165) is 91.6 Å². The van der Waals surface area contributed by atoms with Gasteiger partial charge in [-0.05, 0) is 213 Å². The summed E-state index contributed by atoms with van der Waals surface area (Å²) in [5.41, 5.74) is 14.7. The first-order valence-corrected chi connectivity index (χ1v) is 38.4. The van der Waals surface area contributed by atoms with Crippen LogP contribution in [-0.2, 0) is 54.8 Å². The number of carbonyl (C=O) groups is 2. The predicted molar refractivity (Wildman–Crippen MR) is 366 cm³/mol. The Morgan fingerprint density at radius 1 is 0.593 bits per heavy atom. The van der Waals surface area contributed by atoms with Crippen LogP contribution in [0.25, 0.3) is 0 Å².